The minimum atomic E-state index is -4.52. The SMILES string of the molecule is CC(=O)C(=[N+]=[N-])S(=O)(=O)N(c1ccc(F)cc1)C(C)C#Cc1ccccc1. The van der Waals surface area contributed by atoms with Gasteiger partial charge in [-0.3, -0.25) is 4.79 Å². The van der Waals surface area contributed by atoms with Crippen LogP contribution in [0.25, 0.3) is 5.53 Å². The number of benzene rings is 2. The standard InChI is InChI=1S/C19H16FN3O3S/c1-14(8-9-16-6-4-3-5-7-16)23(18-12-10-17(20)11-13-18)27(25,26)19(22-21)15(2)24/h3-7,10-14H,1-2H3. The number of anilines is 1. The lowest BCUT2D eigenvalue weighted by atomic mass is 10.2. The highest BCUT2D eigenvalue weighted by molar-refractivity contribution is 8.09. The lowest BCUT2D eigenvalue weighted by Crippen LogP contribution is -2.44. The molecule has 0 N–H and O–H groups in total. The van der Waals surface area contributed by atoms with Crippen LogP contribution in [0.4, 0.5) is 10.1 Å². The predicted octanol–water partition coefficient (Wildman–Crippen LogP) is 2.62. The van der Waals surface area contributed by atoms with E-state index in [0.717, 1.165) is 23.4 Å². The third-order valence-electron chi connectivity index (χ3n) is 3.53. The number of carbonyl (C=O) groups excluding carboxylic acids is 1. The van der Waals surface area contributed by atoms with Gasteiger partial charge in [-0.25, -0.2) is 8.70 Å². The molecule has 1 atom stereocenters. The number of sulfonamides is 1. The van der Waals surface area contributed by atoms with Gasteiger partial charge in [-0.2, -0.15) is 8.42 Å². The van der Waals surface area contributed by atoms with Gasteiger partial charge in [0.15, 0.2) is 0 Å². The molecular formula is C19H16FN3O3S. The second-order valence-electron chi connectivity index (χ2n) is 5.55. The maximum absolute atomic E-state index is 13.3. The maximum atomic E-state index is 13.3. The summed E-state index contributed by atoms with van der Waals surface area (Å²) in [6, 6.07) is 12.6. The lowest BCUT2D eigenvalue weighted by molar-refractivity contribution is -0.114. The quantitative estimate of drug-likeness (QED) is 0.266. The normalized spacial score (nSPS) is 11.5. The van der Waals surface area contributed by atoms with E-state index in [1.54, 1.807) is 24.3 Å². The van der Waals surface area contributed by atoms with Crippen LogP contribution in [0.3, 0.4) is 0 Å². The zero-order valence-corrected chi connectivity index (χ0v) is 15.4. The zero-order valence-electron chi connectivity index (χ0n) is 14.6. The molecule has 2 aromatic rings. The molecule has 0 amide bonds. The summed E-state index contributed by atoms with van der Waals surface area (Å²) in [5, 5.41) is -1.03. The third kappa shape index (κ3) is 4.67. The maximum Gasteiger partial charge on any atom is 0.466 e. The van der Waals surface area contributed by atoms with E-state index in [9.17, 15) is 17.6 Å². The summed E-state index contributed by atoms with van der Waals surface area (Å²) in [7, 11) is -4.52. The molecule has 0 aromatic heterocycles. The summed E-state index contributed by atoms with van der Waals surface area (Å²) >= 11 is 0. The molecule has 0 bridgehead atoms. The van der Waals surface area contributed by atoms with Gasteiger partial charge in [-0.15, -0.1) is 4.79 Å². The fourth-order valence-electron chi connectivity index (χ4n) is 2.32. The van der Waals surface area contributed by atoms with E-state index in [0.29, 0.717) is 5.56 Å². The smallest absolute Gasteiger partial charge is 0.360 e. The van der Waals surface area contributed by atoms with Gasteiger partial charge < -0.3 is 5.53 Å². The molecular weight excluding hydrogens is 369 g/mol. The van der Waals surface area contributed by atoms with E-state index in [1.165, 1.54) is 19.1 Å². The lowest BCUT2D eigenvalue weighted by Gasteiger charge is -2.25. The van der Waals surface area contributed by atoms with Gasteiger partial charge >= 0.3 is 15.1 Å². The van der Waals surface area contributed by atoms with Crippen LogP contribution in [-0.4, -0.2) is 30.1 Å². The number of hydrogen-bond donors (Lipinski definition) is 0. The Hall–Kier alpha value is -3.27. The Morgan fingerprint density at radius 2 is 1.74 bits per heavy atom. The molecule has 2 aromatic carbocycles. The van der Waals surface area contributed by atoms with Crippen molar-refractivity contribution in [1.82, 2.24) is 0 Å². The first-order chi connectivity index (χ1) is 12.8. The van der Waals surface area contributed by atoms with Crippen molar-refractivity contribution in [3.05, 3.63) is 71.5 Å². The molecule has 1 unspecified atom stereocenters. The molecule has 0 aliphatic heterocycles. The van der Waals surface area contributed by atoms with Gasteiger partial charge in [0.25, 0.3) is 5.78 Å². The van der Waals surface area contributed by atoms with E-state index in [2.05, 4.69) is 16.6 Å². The van der Waals surface area contributed by atoms with Crippen LogP contribution in [0.2, 0.25) is 0 Å². The number of carbonyl (C=O) groups is 1. The van der Waals surface area contributed by atoms with Crippen molar-refractivity contribution in [2.45, 2.75) is 19.9 Å². The van der Waals surface area contributed by atoms with Crippen LogP contribution in [0.5, 0.6) is 0 Å². The Morgan fingerprint density at radius 3 is 2.26 bits per heavy atom. The minimum Gasteiger partial charge on any atom is -0.360 e. The highest BCUT2D eigenvalue weighted by atomic mass is 32.2. The highest BCUT2D eigenvalue weighted by Gasteiger charge is 2.41. The van der Waals surface area contributed by atoms with Crippen molar-refractivity contribution in [2.75, 3.05) is 4.31 Å². The van der Waals surface area contributed by atoms with Gasteiger partial charge in [0, 0.05) is 12.5 Å². The molecule has 0 spiro atoms. The van der Waals surface area contributed by atoms with E-state index in [1.807, 2.05) is 6.07 Å². The van der Waals surface area contributed by atoms with Crippen LogP contribution >= 0.6 is 0 Å². The van der Waals surface area contributed by atoms with Crippen molar-refractivity contribution in [1.29, 1.82) is 0 Å². The van der Waals surface area contributed by atoms with Crippen molar-refractivity contribution in [2.24, 2.45) is 0 Å². The summed E-state index contributed by atoms with van der Waals surface area (Å²) in [4.78, 5) is 14.3. The highest BCUT2D eigenvalue weighted by Crippen LogP contribution is 2.22. The van der Waals surface area contributed by atoms with Crippen LogP contribution in [-0.2, 0) is 14.8 Å². The molecule has 8 heteroatoms. The first-order valence-corrected chi connectivity index (χ1v) is 9.31. The van der Waals surface area contributed by atoms with Gasteiger partial charge in [0.05, 0.1) is 5.69 Å². The molecule has 0 saturated heterocycles. The number of Topliss-reactive ketones (excluding diaryl/α,β-unsaturated/α-hetero) is 1. The first kappa shape index (κ1) is 20.0. The topological polar surface area (TPSA) is 90.8 Å². The monoisotopic (exact) mass is 385 g/mol. The van der Waals surface area contributed by atoms with Crippen molar-refractivity contribution in [3.8, 4) is 11.8 Å². The van der Waals surface area contributed by atoms with Gasteiger partial charge in [-0.05, 0) is 43.3 Å². The fourth-order valence-corrected chi connectivity index (χ4v) is 3.84. The summed E-state index contributed by atoms with van der Waals surface area (Å²) in [6.45, 7) is 2.47. The van der Waals surface area contributed by atoms with Crippen molar-refractivity contribution < 1.29 is 22.4 Å². The molecule has 2 rings (SSSR count). The Morgan fingerprint density at radius 1 is 1.15 bits per heavy atom. The first-order valence-electron chi connectivity index (χ1n) is 7.87. The van der Waals surface area contributed by atoms with Gasteiger partial charge in [-0.1, -0.05) is 30.0 Å². The minimum absolute atomic E-state index is 0.0775. The van der Waals surface area contributed by atoms with E-state index >= 15 is 0 Å². The predicted molar refractivity (Wildman–Crippen MR) is 99.9 cm³/mol. The van der Waals surface area contributed by atoms with Crippen molar-refractivity contribution in [3.63, 3.8) is 0 Å². The summed E-state index contributed by atoms with van der Waals surface area (Å²) in [6.07, 6.45) is 0. The number of hydrogen-bond acceptors (Lipinski definition) is 3. The Balaban J connectivity index is 2.57. The Bertz CT molecular complexity index is 1050. The Labute approximate surface area is 156 Å². The van der Waals surface area contributed by atoms with Gasteiger partial charge in [0.1, 0.15) is 11.9 Å². The van der Waals surface area contributed by atoms with Crippen LogP contribution < -0.4 is 4.31 Å². The summed E-state index contributed by atoms with van der Waals surface area (Å²) < 4.78 is 39.9. The van der Waals surface area contributed by atoms with Gasteiger partial charge in [0.2, 0.25) is 0 Å². The number of rotatable bonds is 4. The summed E-state index contributed by atoms with van der Waals surface area (Å²) in [5.41, 5.74) is 9.77. The molecule has 0 aliphatic rings. The molecule has 0 radical (unpaired) electrons. The average Bonchev–Trinajstić information content (AvgIpc) is 2.62. The number of nitrogens with zero attached hydrogens (tertiary/aromatic N) is 3. The zero-order chi connectivity index (χ0) is 20.0. The average molecular weight is 385 g/mol. The number of halogens is 1. The van der Waals surface area contributed by atoms with E-state index < -0.39 is 32.7 Å². The van der Waals surface area contributed by atoms with Crippen LogP contribution in [0.1, 0.15) is 19.4 Å². The molecule has 6 nitrogen and oxygen atoms in total. The molecule has 0 heterocycles. The van der Waals surface area contributed by atoms with E-state index in [-0.39, 0.29) is 5.69 Å². The fraction of sp³-hybridized carbons (Fsp3) is 0.158. The van der Waals surface area contributed by atoms with Crippen molar-refractivity contribution >= 4 is 26.5 Å². The third-order valence-corrected chi connectivity index (χ3v) is 5.43. The second kappa shape index (κ2) is 8.41. The second-order valence-corrected chi connectivity index (χ2v) is 7.28. The Kier molecular flexibility index (Phi) is 6.24. The molecule has 0 aliphatic carbocycles. The van der Waals surface area contributed by atoms with Crippen LogP contribution in [0, 0.1) is 17.7 Å². The largest absolute Gasteiger partial charge is 0.466 e. The molecule has 0 fully saturated rings. The number of ketones is 1. The van der Waals surface area contributed by atoms with Crippen LogP contribution in [0.15, 0.2) is 54.6 Å². The molecule has 0 saturated carbocycles. The summed E-state index contributed by atoms with van der Waals surface area (Å²) in [5.74, 6) is 4.15. The molecule has 138 valence electrons. The molecule has 27 heavy (non-hydrogen) atoms. The van der Waals surface area contributed by atoms with E-state index in [4.69, 9.17) is 5.53 Å².